The second-order valence-electron chi connectivity index (χ2n) is 5.06. The molecule has 0 aliphatic carbocycles. The molecule has 0 saturated carbocycles. The van der Waals surface area contributed by atoms with Crippen LogP contribution in [-0.2, 0) is 0 Å². The summed E-state index contributed by atoms with van der Waals surface area (Å²) in [7, 11) is 3.08. The fourth-order valence-corrected chi connectivity index (χ4v) is 2.30. The molecule has 0 aliphatic rings. The summed E-state index contributed by atoms with van der Waals surface area (Å²) >= 11 is 11.6. The van der Waals surface area contributed by atoms with E-state index in [1.54, 1.807) is 0 Å². The Kier molecular flexibility index (Phi) is 5.26. The van der Waals surface area contributed by atoms with Gasteiger partial charge >= 0.3 is 0 Å². The second-order valence-corrected chi connectivity index (χ2v) is 5.87. The molecule has 0 saturated heterocycles. The summed E-state index contributed by atoms with van der Waals surface area (Å²) in [5, 5.41) is 14.1. The minimum Gasteiger partial charge on any atom is -0.372 e. The first-order valence-corrected chi connectivity index (χ1v) is 7.38. The van der Waals surface area contributed by atoms with Crippen molar-refractivity contribution in [3.8, 4) is 0 Å². The van der Waals surface area contributed by atoms with Crippen LogP contribution in [0.25, 0.3) is 0 Å². The quantitative estimate of drug-likeness (QED) is 0.639. The average molecular weight is 372 g/mol. The Hall–Kier alpha value is -2.38. The number of nitrogens with zero attached hydrogens (tertiary/aromatic N) is 2. The molecule has 0 heterocycles. The summed E-state index contributed by atoms with van der Waals surface area (Å²) in [5.41, 5.74) is -0.476. The monoisotopic (exact) mass is 371 g/mol. The fourth-order valence-electron chi connectivity index (χ4n) is 2.00. The van der Waals surface area contributed by atoms with E-state index < -0.39 is 22.2 Å². The molecule has 6 nitrogen and oxygen atoms in total. The molecule has 2 aromatic rings. The highest BCUT2D eigenvalue weighted by atomic mass is 35.5. The van der Waals surface area contributed by atoms with Crippen LogP contribution in [0, 0.1) is 15.9 Å². The third kappa shape index (κ3) is 3.74. The Bertz CT molecular complexity index is 828. The van der Waals surface area contributed by atoms with Crippen LogP contribution in [0.3, 0.4) is 0 Å². The second kappa shape index (κ2) is 7.02. The molecule has 0 radical (unpaired) electrons. The van der Waals surface area contributed by atoms with Crippen LogP contribution < -0.4 is 10.2 Å². The number of nitro benzene ring substituents is 1. The number of amides is 1. The van der Waals surface area contributed by atoms with Gasteiger partial charge in [0.05, 0.1) is 20.5 Å². The van der Waals surface area contributed by atoms with E-state index in [0.717, 1.165) is 12.1 Å². The van der Waals surface area contributed by atoms with Crippen LogP contribution >= 0.6 is 23.2 Å². The predicted octanol–water partition coefficient (Wildman–Crippen LogP) is 4.36. The van der Waals surface area contributed by atoms with E-state index in [-0.39, 0.29) is 22.1 Å². The molecule has 24 heavy (non-hydrogen) atoms. The Morgan fingerprint density at radius 1 is 1.21 bits per heavy atom. The molecule has 0 aliphatic heterocycles. The number of nitrogens with one attached hydrogen (secondary N) is 1. The number of benzene rings is 2. The number of nitro groups is 1. The normalized spacial score (nSPS) is 10.4. The lowest BCUT2D eigenvalue weighted by Crippen LogP contribution is -2.17. The maximum atomic E-state index is 14.2. The van der Waals surface area contributed by atoms with Crippen molar-refractivity contribution in [1.29, 1.82) is 0 Å². The summed E-state index contributed by atoms with van der Waals surface area (Å²) in [5.74, 6) is -1.71. The van der Waals surface area contributed by atoms with E-state index in [9.17, 15) is 19.3 Å². The van der Waals surface area contributed by atoms with E-state index in [4.69, 9.17) is 23.2 Å². The van der Waals surface area contributed by atoms with Gasteiger partial charge in [0.2, 0.25) is 0 Å². The molecule has 2 aromatic carbocycles. The number of hydrogen-bond donors (Lipinski definition) is 1. The minimum atomic E-state index is -0.873. The largest absolute Gasteiger partial charge is 0.372 e. The molecular weight excluding hydrogens is 360 g/mol. The zero-order valence-corrected chi connectivity index (χ0v) is 14.2. The SMILES string of the molecule is CN(C)c1cc(F)c(C(=O)Nc2ccc(Cl)c(Cl)c2)cc1[N+](=O)[O-]. The maximum absolute atomic E-state index is 14.2. The molecule has 0 unspecified atom stereocenters. The molecule has 0 atom stereocenters. The molecule has 0 fully saturated rings. The number of rotatable bonds is 4. The van der Waals surface area contributed by atoms with Crippen LogP contribution in [0.2, 0.25) is 10.0 Å². The van der Waals surface area contributed by atoms with Crippen molar-refractivity contribution in [3.05, 3.63) is 61.9 Å². The highest BCUT2D eigenvalue weighted by Crippen LogP contribution is 2.31. The summed E-state index contributed by atoms with van der Waals surface area (Å²) < 4.78 is 14.2. The van der Waals surface area contributed by atoms with Crippen LogP contribution in [0.15, 0.2) is 30.3 Å². The van der Waals surface area contributed by atoms with Gasteiger partial charge in [0.1, 0.15) is 11.5 Å². The highest BCUT2D eigenvalue weighted by Gasteiger charge is 2.23. The number of halogens is 3. The summed E-state index contributed by atoms with van der Waals surface area (Å²) in [4.78, 5) is 24.1. The van der Waals surface area contributed by atoms with Crippen LogP contribution in [-0.4, -0.2) is 24.9 Å². The van der Waals surface area contributed by atoms with Gasteiger partial charge in [0.25, 0.3) is 11.6 Å². The Morgan fingerprint density at radius 3 is 2.42 bits per heavy atom. The number of anilines is 2. The van der Waals surface area contributed by atoms with Gasteiger partial charge in [-0.05, 0) is 18.2 Å². The van der Waals surface area contributed by atoms with E-state index >= 15 is 0 Å². The van der Waals surface area contributed by atoms with Gasteiger partial charge in [-0.3, -0.25) is 14.9 Å². The maximum Gasteiger partial charge on any atom is 0.293 e. The molecule has 1 N–H and O–H groups in total. The van der Waals surface area contributed by atoms with Crippen molar-refractivity contribution in [3.63, 3.8) is 0 Å². The first-order valence-electron chi connectivity index (χ1n) is 6.62. The van der Waals surface area contributed by atoms with Gasteiger partial charge < -0.3 is 10.2 Å². The molecule has 0 spiro atoms. The fraction of sp³-hybridized carbons (Fsp3) is 0.133. The lowest BCUT2D eigenvalue weighted by Gasteiger charge is -2.14. The van der Waals surface area contributed by atoms with Crippen molar-refractivity contribution in [2.45, 2.75) is 0 Å². The van der Waals surface area contributed by atoms with E-state index in [1.165, 1.54) is 37.2 Å². The molecule has 126 valence electrons. The van der Waals surface area contributed by atoms with Crippen molar-refractivity contribution < 1.29 is 14.1 Å². The third-order valence-corrected chi connectivity index (χ3v) is 3.90. The molecule has 1 amide bonds. The average Bonchev–Trinajstić information content (AvgIpc) is 2.50. The van der Waals surface area contributed by atoms with Gasteiger partial charge in [0, 0.05) is 31.9 Å². The zero-order valence-electron chi connectivity index (χ0n) is 12.6. The lowest BCUT2D eigenvalue weighted by molar-refractivity contribution is -0.384. The number of carbonyl (C=O) groups excluding carboxylic acids is 1. The summed E-state index contributed by atoms with van der Waals surface area (Å²) in [6.45, 7) is 0. The van der Waals surface area contributed by atoms with Gasteiger partial charge in [-0.15, -0.1) is 0 Å². The van der Waals surface area contributed by atoms with E-state index in [2.05, 4.69) is 5.32 Å². The highest BCUT2D eigenvalue weighted by molar-refractivity contribution is 6.42. The van der Waals surface area contributed by atoms with Gasteiger partial charge in [0.15, 0.2) is 0 Å². The number of hydrogen-bond acceptors (Lipinski definition) is 4. The first-order chi connectivity index (χ1) is 11.2. The van der Waals surface area contributed by atoms with E-state index in [0.29, 0.717) is 5.02 Å². The van der Waals surface area contributed by atoms with Gasteiger partial charge in [-0.1, -0.05) is 23.2 Å². The molecule has 2 rings (SSSR count). The van der Waals surface area contributed by atoms with Crippen LogP contribution in [0.1, 0.15) is 10.4 Å². The predicted molar refractivity (Wildman–Crippen MR) is 91.8 cm³/mol. The Labute approximate surface area is 146 Å². The van der Waals surface area contributed by atoms with Crippen molar-refractivity contribution in [2.24, 2.45) is 0 Å². The Balaban J connectivity index is 2.40. The first kappa shape index (κ1) is 18.0. The summed E-state index contributed by atoms with van der Waals surface area (Å²) in [6.07, 6.45) is 0. The molecule has 0 bridgehead atoms. The molecular formula is C15H12Cl2FN3O3. The van der Waals surface area contributed by atoms with Crippen molar-refractivity contribution in [2.75, 3.05) is 24.3 Å². The number of carbonyl (C=O) groups is 1. The third-order valence-electron chi connectivity index (χ3n) is 3.16. The standard InChI is InChI=1S/C15H12Cl2FN3O3/c1-20(2)13-7-12(18)9(6-14(13)21(23)24)15(22)19-8-3-4-10(16)11(17)5-8/h3-7H,1-2H3,(H,19,22). The van der Waals surface area contributed by atoms with Crippen molar-refractivity contribution in [1.82, 2.24) is 0 Å². The lowest BCUT2D eigenvalue weighted by atomic mass is 10.1. The van der Waals surface area contributed by atoms with Gasteiger partial charge in [-0.25, -0.2) is 4.39 Å². The minimum absolute atomic E-state index is 0.0589. The summed E-state index contributed by atoms with van der Waals surface area (Å²) in [6, 6.07) is 6.18. The zero-order chi connectivity index (χ0) is 18.0. The van der Waals surface area contributed by atoms with Crippen LogP contribution in [0.4, 0.5) is 21.5 Å². The van der Waals surface area contributed by atoms with Gasteiger partial charge in [-0.2, -0.15) is 0 Å². The Morgan fingerprint density at radius 2 is 1.88 bits per heavy atom. The van der Waals surface area contributed by atoms with E-state index in [1.807, 2.05) is 0 Å². The van der Waals surface area contributed by atoms with Crippen molar-refractivity contribution >= 4 is 46.2 Å². The molecule has 9 heteroatoms. The van der Waals surface area contributed by atoms with Crippen LogP contribution in [0.5, 0.6) is 0 Å². The topological polar surface area (TPSA) is 75.5 Å². The molecule has 0 aromatic heterocycles. The smallest absolute Gasteiger partial charge is 0.293 e.